The Morgan fingerprint density at radius 2 is 1.95 bits per heavy atom. The van der Waals surface area contributed by atoms with Crippen LogP contribution >= 0.6 is 0 Å². The number of methoxy groups -OCH3 is 1. The van der Waals surface area contributed by atoms with E-state index in [1.165, 1.54) is 7.05 Å². The molecule has 0 saturated heterocycles. The molecule has 0 spiro atoms. The van der Waals surface area contributed by atoms with Gasteiger partial charge in [-0.25, -0.2) is 4.79 Å². The Bertz CT molecular complexity index is 1650. The smallest absolute Gasteiger partial charge is 0.318 e. The number of Topliss-reactive ketones (excluding diaryl/α,β-unsaturated/α-hetero) is 1. The number of amides is 2. The second-order valence-corrected chi connectivity index (χ2v) is 9.42. The minimum absolute atomic E-state index is 0.207. The summed E-state index contributed by atoms with van der Waals surface area (Å²) in [5.41, 5.74) is 6.62. The molecule has 3 N–H and O–H groups in total. The van der Waals surface area contributed by atoms with E-state index in [-0.39, 0.29) is 17.6 Å². The predicted molar refractivity (Wildman–Crippen MR) is 152 cm³/mol. The van der Waals surface area contributed by atoms with Gasteiger partial charge in [0.1, 0.15) is 11.5 Å². The van der Waals surface area contributed by atoms with E-state index in [0.29, 0.717) is 29.3 Å². The molecule has 2 amide bonds. The van der Waals surface area contributed by atoms with Gasteiger partial charge < -0.3 is 30.0 Å². The van der Waals surface area contributed by atoms with Crippen molar-refractivity contribution < 1.29 is 19.1 Å². The lowest BCUT2D eigenvalue weighted by atomic mass is 10.0. The number of carbonyl (C=O) groups is 2. The average molecular weight is 529 g/mol. The van der Waals surface area contributed by atoms with Crippen LogP contribution in [-0.2, 0) is 13.6 Å². The third-order valence-electron chi connectivity index (χ3n) is 7.07. The molecule has 0 bridgehead atoms. The summed E-state index contributed by atoms with van der Waals surface area (Å²) in [6.07, 6.45) is 1.81. The number of allylic oxidation sites excluding steroid dienone is 1. The Morgan fingerprint density at radius 1 is 1.15 bits per heavy atom. The van der Waals surface area contributed by atoms with Crippen molar-refractivity contribution in [3.63, 3.8) is 0 Å². The fourth-order valence-electron chi connectivity index (χ4n) is 5.07. The lowest BCUT2D eigenvalue weighted by Gasteiger charge is -2.12. The first-order valence-corrected chi connectivity index (χ1v) is 12.7. The van der Waals surface area contributed by atoms with E-state index in [2.05, 4.69) is 25.6 Å². The molecule has 1 aliphatic rings. The highest BCUT2D eigenvalue weighted by atomic mass is 16.5. The highest BCUT2D eigenvalue weighted by molar-refractivity contribution is 6.16. The molecule has 2 aromatic heterocycles. The molecule has 39 heavy (non-hydrogen) atoms. The Kier molecular flexibility index (Phi) is 6.88. The topological polar surface area (TPSA) is 111 Å². The summed E-state index contributed by atoms with van der Waals surface area (Å²) < 4.78 is 15.8. The highest BCUT2D eigenvalue weighted by Crippen LogP contribution is 2.41. The zero-order valence-electron chi connectivity index (χ0n) is 22.9. The Morgan fingerprint density at radius 3 is 2.62 bits per heavy atom. The lowest BCUT2D eigenvalue weighted by molar-refractivity contribution is 0.101. The average Bonchev–Trinajstić information content (AvgIpc) is 3.50. The van der Waals surface area contributed by atoms with Crippen LogP contribution in [0, 0.1) is 13.8 Å². The van der Waals surface area contributed by atoms with Gasteiger partial charge in [-0.05, 0) is 63.4 Å². The maximum atomic E-state index is 13.6. The molecule has 3 heterocycles. The lowest BCUT2D eigenvalue weighted by Crippen LogP contribution is -2.24. The summed E-state index contributed by atoms with van der Waals surface area (Å²) in [5.74, 6) is 1.11. The number of hydrogen-bond donors (Lipinski definition) is 3. The third-order valence-corrected chi connectivity index (χ3v) is 7.07. The van der Waals surface area contributed by atoms with E-state index in [1.807, 2.05) is 56.9 Å². The zero-order valence-corrected chi connectivity index (χ0v) is 22.9. The van der Waals surface area contributed by atoms with Gasteiger partial charge in [-0.3, -0.25) is 9.48 Å². The monoisotopic (exact) mass is 528 g/mol. The predicted octanol–water partition coefficient (Wildman–Crippen LogP) is 4.25. The van der Waals surface area contributed by atoms with Gasteiger partial charge in [0.05, 0.1) is 24.1 Å². The SMILES string of the molecule is CNCCn1c(-c2c(C)nn(C)c2C)c(/C=C2\Oc3ccc(NC(=O)NC)cc3C2=O)c2cc(OC)ccc21. The molecule has 0 radical (unpaired) electrons. The van der Waals surface area contributed by atoms with Crippen LogP contribution in [0.25, 0.3) is 28.2 Å². The van der Waals surface area contributed by atoms with Crippen LogP contribution in [-0.4, -0.2) is 53.9 Å². The van der Waals surface area contributed by atoms with Gasteiger partial charge in [-0.15, -0.1) is 0 Å². The van der Waals surface area contributed by atoms with Crippen molar-refractivity contribution in [2.75, 3.05) is 33.1 Å². The maximum absolute atomic E-state index is 13.6. The molecule has 0 fully saturated rings. The molecular formula is C29H32N6O4. The van der Waals surface area contributed by atoms with E-state index in [1.54, 1.807) is 25.3 Å². The third kappa shape index (κ3) is 4.52. The number of aryl methyl sites for hydroxylation is 2. The summed E-state index contributed by atoms with van der Waals surface area (Å²) in [6.45, 7) is 5.49. The highest BCUT2D eigenvalue weighted by Gasteiger charge is 2.30. The van der Waals surface area contributed by atoms with Crippen LogP contribution < -0.4 is 25.4 Å². The summed E-state index contributed by atoms with van der Waals surface area (Å²) in [5, 5.41) is 14.1. The Hall–Kier alpha value is -4.57. The number of likely N-dealkylation sites (N-methyl/N-ethyl adjacent to an activating group) is 1. The van der Waals surface area contributed by atoms with Crippen LogP contribution in [0.2, 0.25) is 0 Å². The van der Waals surface area contributed by atoms with Crippen LogP contribution in [0.5, 0.6) is 11.5 Å². The Balaban J connectivity index is 1.73. The first-order chi connectivity index (χ1) is 18.8. The number of aromatic nitrogens is 3. The molecule has 2 aromatic carbocycles. The summed E-state index contributed by atoms with van der Waals surface area (Å²) in [4.78, 5) is 25.3. The fraction of sp³-hybridized carbons (Fsp3) is 0.276. The van der Waals surface area contributed by atoms with E-state index in [9.17, 15) is 9.59 Å². The van der Waals surface area contributed by atoms with E-state index in [0.717, 1.165) is 45.7 Å². The molecule has 0 aliphatic carbocycles. The molecule has 202 valence electrons. The molecule has 0 unspecified atom stereocenters. The largest absolute Gasteiger partial charge is 0.497 e. The number of fused-ring (bicyclic) bond motifs is 2. The summed E-state index contributed by atoms with van der Waals surface area (Å²) in [6, 6.07) is 10.6. The van der Waals surface area contributed by atoms with Crippen molar-refractivity contribution in [1.29, 1.82) is 0 Å². The van der Waals surface area contributed by atoms with Crippen LogP contribution in [0.1, 0.15) is 27.3 Å². The Labute approximate surface area is 226 Å². The number of anilines is 1. The van der Waals surface area contributed by atoms with Crippen molar-refractivity contribution >= 4 is 34.5 Å². The minimum atomic E-state index is -0.368. The standard InChI is InChI=1S/C29H32N6O4/c1-16-26(17(2)34(5)33-16)27-21(20-14-19(38-6)8-9-23(20)35(27)12-11-30-3)15-25-28(36)22-13-18(32-29(37)31-4)7-10-24(22)39-25/h7-10,13-15,30H,11-12H2,1-6H3,(H2,31,32,37)/b25-15-. The van der Waals surface area contributed by atoms with Crippen molar-refractivity contribution in [3.05, 3.63) is 64.7 Å². The number of nitrogens with one attached hydrogen (secondary N) is 3. The van der Waals surface area contributed by atoms with Crippen molar-refractivity contribution in [2.45, 2.75) is 20.4 Å². The second kappa shape index (κ2) is 10.3. The van der Waals surface area contributed by atoms with Gasteiger partial charge in [0.2, 0.25) is 5.78 Å². The number of hydrogen-bond acceptors (Lipinski definition) is 6. The number of benzene rings is 2. The van der Waals surface area contributed by atoms with E-state index >= 15 is 0 Å². The van der Waals surface area contributed by atoms with Gasteiger partial charge in [-0.2, -0.15) is 5.10 Å². The maximum Gasteiger partial charge on any atom is 0.318 e. The minimum Gasteiger partial charge on any atom is -0.497 e. The molecule has 10 heteroatoms. The van der Waals surface area contributed by atoms with Crippen molar-refractivity contribution in [3.8, 4) is 22.8 Å². The number of urea groups is 1. The van der Waals surface area contributed by atoms with Gasteiger partial charge in [-0.1, -0.05) is 0 Å². The number of rotatable bonds is 7. The van der Waals surface area contributed by atoms with Crippen LogP contribution in [0.4, 0.5) is 10.5 Å². The second-order valence-electron chi connectivity index (χ2n) is 9.42. The first-order valence-electron chi connectivity index (χ1n) is 12.7. The number of nitrogens with zero attached hydrogens (tertiary/aromatic N) is 3. The van der Waals surface area contributed by atoms with Crippen molar-refractivity contribution in [2.24, 2.45) is 7.05 Å². The first kappa shape index (κ1) is 26.1. The summed E-state index contributed by atoms with van der Waals surface area (Å²) in [7, 11) is 7.02. The van der Waals surface area contributed by atoms with Crippen LogP contribution in [0.15, 0.2) is 42.2 Å². The molecule has 0 atom stereocenters. The van der Waals surface area contributed by atoms with Crippen LogP contribution in [0.3, 0.4) is 0 Å². The van der Waals surface area contributed by atoms with E-state index in [4.69, 9.17) is 9.47 Å². The van der Waals surface area contributed by atoms with Crippen molar-refractivity contribution in [1.82, 2.24) is 25.0 Å². The van der Waals surface area contributed by atoms with Gasteiger partial charge in [0.15, 0.2) is 5.76 Å². The molecule has 5 rings (SSSR count). The summed E-state index contributed by atoms with van der Waals surface area (Å²) >= 11 is 0. The van der Waals surface area contributed by atoms with Gasteiger partial charge in [0, 0.05) is 60.6 Å². The van der Waals surface area contributed by atoms with E-state index < -0.39 is 0 Å². The molecule has 4 aromatic rings. The molecule has 10 nitrogen and oxygen atoms in total. The molecular weight excluding hydrogens is 496 g/mol. The van der Waals surface area contributed by atoms with Gasteiger partial charge in [0.25, 0.3) is 0 Å². The number of ketones is 1. The van der Waals surface area contributed by atoms with Gasteiger partial charge >= 0.3 is 6.03 Å². The number of carbonyl (C=O) groups excluding carboxylic acids is 2. The fourth-order valence-corrected chi connectivity index (χ4v) is 5.07. The normalized spacial score (nSPS) is 13.6. The zero-order chi connectivity index (χ0) is 27.8. The quantitative estimate of drug-likeness (QED) is 0.309. The number of ether oxygens (including phenoxy) is 2. The molecule has 1 aliphatic heterocycles. The molecule has 0 saturated carbocycles.